The zero-order valence-corrected chi connectivity index (χ0v) is 14.6. The molecule has 2 aromatic carbocycles. The Morgan fingerprint density at radius 1 is 1.15 bits per heavy atom. The lowest BCUT2D eigenvalue weighted by molar-refractivity contribution is -0.119. The molecule has 0 aliphatic heterocycles. The second kappa shape index (κ2) is 6.81. The molecule has 3 N–H and O–H groups in total. The van der Waals surface area contributed by atoms with Crippen molar-refractivity contribution in [3.05, 3.63) is 71.7 Å². The summed E-state index contributed by atoms with van der Waals surface area (Å²) in [6, 6.07) is 9.91. The van der Waals surface area contributed by atoms with Gasteiger partial charge in [0.1, 0.15) is 11.9 Å². The van der Waals surface area contributed by atoms with E-state index in [4.69, 9.17) is 5.73 Å². The van der Waals surface area contributed by atoms with Crippen LogP contribution in [0.2, 0.25) is 0 Å². The number of benzene rings is 2. The van der Waals surface area contributed by atoms with Crippen LogP contribution in [0.25, 0.3) is 10.9 Å². The first-order valence-corrected chi connectivity index (χ1v) is 9.19. The van der Waals surface area contributed by atoms with Crippen molar-refractivity contribution in [2.75, 3.05) is 0 Å². The lowest BCUT2D eigenvalue weighted by Crippen LogP contribution is -2.37. The molecule has 1 amide bonds. The molecule has 3 aromatic rings. The molecular weight excluding hydrogens is 357 g/mol. The van der Waals surface area contributed by atoms with Crippen LogP contribution in [0.3, 0.4) is 0 Å². The minimum absolute atomic E-state index is 0.0143. The van der Waals surface area contributed by atoms with Gasteiger partial charge in [-0.2, -0.15) is 4.72 Å². The molecule has 0 radical (unpaired) electrons. The number of aryl methyl sites for hydroxylation is 1. The third-order valence-electron chi connectivity index (χ3n) is 3.98. The summed E-state index contributed by atoms with van der Waals surface area (Å²) in [5.41, 5.74) is 6.98. The molecule has 1 unspecified atom stereocenters. The van der Waals surface area contributed by atoms with E-state index in [0.717, 1.165) is 17.7 Å². The summed E-state index contributed by atoms with van der Waals surface area (Å²) in [7, 11) is -4.09. The molecule has 0 bridgehead atoms. The highest BCUT2D eigenvalue weighted by Gasteiger charge is 2.27. The molecule has 0 spiro atoms. The molecule has 0 saturated carbocycles. The summed E-state index contributed by atoms with van der Waals surface area (Å²) in [5.74, 6) is -1.40. The Morgan fingerprint density at radius 3 is 2.50 bits per heavy atom. The van der Waals surface area contributed by atoms with E-state index in [2.05, 4.69) is 9.71 Å². The molecule has 1 aromatic heterocycles. The summed E-state index contributed by atoms with van der Waals surface area (Å²) in [6.45, 7) is 1.82. The van der Waals surface area contributed by atoms with Gasteiger partial charge in [-0.15, -0.1) is 0 Å². The van der Waals surface area contributed by atoms with Gasteiger partial charge in [0.15, 0.2) is 0 Å². The Labute approximate surface area is 149 Å². The standard InChI is InChI=1S/C18H16FN3O3S/c1-11-4-9-15(14-3-2-10-21-16(11)14)26(24,25)22-17(18(20)23)12-5-7-13(19)8-6-12/h2-10,17,22H,1H3,(H2,20,23). The molecule has 1 heterocycles. The average Bonchev–Trinajstić information content (AvgIpc) is 2.61. The van der Waals surface area contributed by atoms with Crippen LogP contribution in [-0.4, -0.2) is 19.3 Å². The maximum atomic E-state index is 13.1. The second-order valence-corrected chi connectivity index (χ2v) is 7.47. The van der Waals surface area contributed by atoms with Crippen LogP contribution < -0.4 is 10.5 Å². The van der Waals surface area contributed by atoms with E-state index >= 15 is 0 Å². The molecule has 6 nitrogen and oxygen atoms in total. The van der Waals surface area contributed by atoms with Gasteiger partial charge in [-0.3, -0.25) is 9.78 Å². The summed E-state index contributed by atoms with van der Waals surface area (Å²) < 4.78 is 41.2. The molecule has 8 heteroatoms. The van der Waals surface area contributed by atoms with E-state index in [1.165, 1.54) is 18.2 Å². The van der Waals surface area contributed by atoms with Crippen molar-refractivity contribution in [2.45, 2.75) is 17.9 Å². The Hall–Kier alpha value is -2.84. The Bertz CT molecular complexity index is 1080. The van der Waals surface area contributed by atoms with E-state index in [-0.39, 0.29) is 10.5 Å². The van der Waals surface area contributed by atoms with Crippen LogP contribution in [0.4, 0.5) is 4.39 Å². The normalized spacial score (nSPS) is 12.8. The Balaban J connectivity index is 2.06. The minimum atomic E-state index is -4.09. The Kier molecular flexibility index (Phi) is 4.71. The zero-order valence-electron chi connectivity index (χ0n) is 13.8. The van der Waals surface area contributed by atoms with Crippen molar-refractivity contribution in [3.63, 3.8) is 0 Å². The highest BCUT2D eigenvalue weighted by Crippen LogP contribution is 2.26. The number of primary amides is 1. The summed E-state index contributed by atoms with van der Waals surface area (Å²) in [6.07, 6.45) is 1.57. The first-order valence-electron chi connectivity index (χ1n) is 7.71. The third kappa shape index (κ3) is 3.42. The number of carbonyl (C=O) groups is 1. The molecular formula is C18H16FN3O3S. The first-order chi connectivity index (χ1) is 12.3. The molecule has 3 rings (SSSR count). The van der Waals surface area contributed by atoms with Gasteiger partial charge in [0.05, 0.1) is 10.4 Å². The molecule has 26 heavy (non-hydrogen) atoms. The largest absolute Gasteiger partial charge is 0.368 e. The van der Waals surface area contributed by atoms with Crippen molar-refractivity contribution < 1.29 is 17.6 Å². The van der Waals surface area contributed by atoms with Gasteiger partial charge in [-0.25, -0.2) is 12.8 Å². The molecule has 0 saturated heterocycles. The van der Waals surface area contributed by atoms with Gasteiger partial charge in [-0.1, -0.05) is 18.2 Å². The number of hydrogen-bond acceptors (Lipinski definition) is 4. The predicted octanol–water partition coefficient (Wildman–Crippen LogP) is 2.19. The van der Waals surface area contributed by atoms with Gasteiger partial charge < -0.3 is 5.73 Å². The molecule has 0 aliphatic carbocycles. The number of halogens is 1. The predicted molar refractivity (Wildman–Crippen MR) is 95.1 cm³/mol. The van der Waals surface area contributed by atoms with Crippen molar-refractivity contribution in [3.8, 4) is 0 Å². The number of nitrogens with zero attached hydrogens (tertiary/aromatic N) is 1. The summed E-state index contributed by atoms with van der Waals surface area (Å²) >= 11 is 0. The summed E-state index contributed by atoms with van der Waals surface area (Å²) in [5, 5.41) is 0.433. The van der Waals surface area contributed by atoms with Crippen molar-refractivity contribution in [1.29, 1.82) is 0 Å². The SMILES string of the molecule is Cc1ccc(S(=O)(=O)NC(C(N)=O)c2ccc(F)cc2)c2cccnc12. The average molecular weight is 373 g/mol. The third-order valence-corrected chi connectivity index (χ3v) is 5.46. The highest BCUT2D eigenvalue weighted by molar-refractivity contribution is 7.89. The number of sulfonamides is 1. The van der Waals surface area contributed by atoms with Gasteiger partial charge >= 0.3 is 0 Å². The quantitative estimate of drug-likeness (QED) is 0.716. The zero-order chi connectivity index (χ0) is 18.9. The second-order valence-electron chi connectivity index (χ2n) is 5.79. The number of nitrogens with one attached hydrogen (secondary N) is 1. The van der Waals surface area contributed by atoms with E-state index in [1.807, 2.05) is 6.92 Å². The first kappa shape index (κ1) is 18.0. The van der Waals surface area contributed by atoms with Crippen molar-refractivity contribution >= 4 is 26.8 Å². The van der Waals surface area contributed by atoms with Gasteiger partial charge in [0, 0.05) is 11.6 Å². The van der Waals surface area contributed by atoms with E-state index < -0.39 is 27.8 Å². The minimum Gasteiger partial charge on any atom is -0.368 e. The Morgan fingerprint density at radius 2 is 1.85 bits per heavy atom. The lowest BCUT2D eigenvalue weighted by atomic mass is 10.1. The number of amides is 1. The van der Waals surface area contributed by atoms with Gasteiger partial charge in [-0.05, 0) is 48.4 Å². The maximum Gasteiger partial charge on any atom is 0.242 e. The van der Waals surface area contributed by atoms with E-state index in [9.17, 15) is 17.6 Å². The number of nitrogens with two attached hydrogens (primary N) is 1. The number of hydrogen-bond donors (Lipinski definition) is 2. The summed E-state index contributed by atoms with van der Waals surface area (Å²) in [4.78, 5) is 16.0. The van der Waals surface area contributed by atoms with Crippen LogP contribution in [0.1, 0.15) is 17.2 Å². The van der Waals surface area contributed by atoms with Gasteiger partial charge in [0.2, 0.25) is 15.9 Å². The van der Waals surface area contributed by atoms with Crippen LogP contribution in [0.15, 0.2) is 59.6 Å². The smallest absolute Gasteiger partial charge is 0.242 e. The van der Waals surface area contributed by atoms with Crippen LogP contribution in [0.5, 0.6) is 0 Å². The maximum absolute atomic E-state index is 13.1. The fourth-order valence-electron chi connectivity index (χ4n) is 2.69. The molecule has 1 atom stereocenters. The topological polar surface area (TPSA) is 102 Å². The number of fused-ring (bicyclic) bond motifs is 1. The van der Waals surface area contributed by atoms with Crippen molar-refractivity contribution in [2.24, 2.45) is 5.73 Å². The van der Waals surface area contributed by atoms with E-state index in [0.29, 0.717) is 10.9 Å². The van der Waals surface area contributed by atoms with Crippen molar-refractivity contribution in [1.82, 2.24) is 9.71 Å². The number of pyridine rings is 1. The number of rotatable bonds is 5. The van der Waals surface area contributed by atoms with Crippen LogP contribution in [-0.2, 0) is 14.8 Å². The van der Waals surface area contributed by atoms with Gasteiger partial charge in [0.25, 0.3) is 0 Å². The monoisotopic (exact) mass is 373 g/mol. The fraction of sp³-hybridized carbons (Fsp3) is 0.111. The number of aromatic nitrogens is 1. The molecule has 134 valence electrons. The molecule has 0 aliphatic rings. The van der Waals surface area contributed by atoms with Crippen LogP contribution >= 0.6 is 0 Å². The fourth-order valence-corrected chi connectivity index (χ4v) is 4.08. The molecule has 0 fully saturated rings. The lowest BCUT2D eigenvalue weighted by Gasteiger charge is -2.17. The highest BCUT2D eigenvalue weighted by atomic mass is 32.2. The van der Waals surface area contributed by atoms with E-state index in [1.54, 1.807) is 24.4 Å². The van der Waals surface area contributed by atoms with Crippen LogP contribution in [0, 0.1) is 12.7 Å². The number of carbonyl (C=O) groups excluding carboxylic acids is 1.